The smallest absolute Gasteiger partial charge is 0.338 e. The number of ether oxygens (including phenoxy) is 1. The van der Waals surface area contributed by atoms with Gasteiger partial charge in [0, 0.05) is 17.3 Å². The summed E-state index contributed by atoms with van der Waals surface area (Å²) in [7, 11) is 1.12. The maximum Gasteiger partial charge on any atom is 0.338 e. The Morgan fingerprint density at radius 3 is 2.52 bits per heavy atom. The molecule has 128 valence electrons. The fraction of sp³-hybridized carbons (Fsp3) is 0.111. The molecule has 2 aromatic carbocycles. The number of esters is 1. The summed E-state index contributed by atoms with van der Waals surface area (Å²) in [6.45, 7) is 0. The van der Waals surface area contributed by atoms with Gasteiger partial charge in [-0.05, 0) is 40.2 Å². The van der Waals surface area contributed by atoms with Crippen molar-refractivity contribution in [3.8, 4) is 0 Å². The van der Waals surface area contributed by atoms with E-state index in [1.54, 1.807) is 6.07 Å². The van der Waals surface area contributed by atoms with Crippen LogP contribution in [-0.4, -0.2) is 19.3 Å². The first-order chi connectivity index (χ1) is 11.9. The summed E-state index contributed by atoms with van der Waals surface area (Å²) in [6, 6.07) is 6.71. The lowest BCUT2D eigenvalue weighted by Gasteiger charge is -2.28. The summed E-state index contributed by atoms with van der Waals surface area (Å²) in [6.07, 6.45) is 4.23. The zero-order chi connectivity index (χ0) is 18.2. The second kappa shape index (κ2) is 6.48. The summed E-state index contributed by atoms with van der Waals surface area (Å²) >= 11 is 2.87. The van der Waals surface area contributed by atoms with E-state index in [-0.39, 0.29) is 15.6 Å². The largest absolute Gasteiger partial charge is 0.465 e. The van der Waals surface area contributed by atoms with Crippen LogP contribution in [0.4, 0.5) is 13.2 Å². The molecule has 2 aromatic rings. The highest BCUT2D eigenvalue weighted by Crippen LogP contribution is 2.43. The van der Waals surface area contributed by atoms with Crippen molar-refractivity contribution >= 4 is 28.1 Å². The van der Waals surface area contributed by atoms with Crippen molar-refractivity contribution < 1.29 is 22.7 Å². The van der Waals surface area contributed by atoms with Gasteiger partial charge in [0.25, 0.3) is 0 Å². The highest BCUT2D eigenvalue weighted by molar-refractivity contribution is 9.10. The molecule has 3 nitrogen and oxygen atoms in total. The maximum atomic E-state index is 14.9. The highest BCUT2D eigenvalue weighted by Gasteiger charge is 2.42. The number of allylic oxidation sites excluding steroid dienone is 1. The Balaban J connectivity index is 2.42. The molecule has 0 aliphatic carbocycles. The third kappa shape index (κ3) is 2.68. The number of hydrogen-bond acceptors (Lipinski definition) is 3. The molecule has 25 heavy (non-hydrogen) atoms. The average Bonchev–Trinajstić information content (AvgIpc) is 3.09. The van der Waals surface area contributed by atoms with E-state index in [1.807, 2.05) is 0 Å². The summed E-state index contributed by atoms with van der Waals surface area (Å²) in [5.41, 5.74) is -2.37. The van der Waals surface area contributed by atoms with Crippen LogP contribution in [0.15, 0.2) is 51.9 Å². The Bertz CT molecular complexity index is 913. The number of carbonyl (C=O) groups excluding carboxylic acids is 1. The van der Waals surface area contributed by atoms with Gasteiger partial charge in [0.2, 0.25) is 0 Å². The Morgan fingerprint density at radius 1 is 1.20 bits per heavy atom. The lowest BCUT2D eigenvalue weighted by atomic mass is 9.80. The minimum absolute atomic E-state index is 0.00854. The van der Waals surface area contributed by atoms with E-state index in [2.05, 4.69) is 25.7 Å². The second-order valence-electron chi connectivity index (χ2n) is 5.28. The van der Waals surface area contributed by atoms with Crippen LogP contribution in [0.2, 0.25) is 0 Å². The first kappa shape index (κ1) is 17.4. The maximum absolute atomic E-state index is 14.9. The molecule has 0 saturated heterocycles. The van der Waals surface area contributed by atoms with Gasteiger partial charge in [0.1, 0.15) is 11.4 Å². The number of hydrogen-bond donors (Lipinski definition) is 0. The van der Waals surface area contributed by atoms with Gasteiger partial charge in [-0.25, -0.2) is 18.0 Å². The van der Waals surface area contributed by atoms with E-state index < -0.39 is 34.5 Å². The number of carbonyl (C=O) groups is 1. The van der Waals surface area contributed by atoms with E-state index >= 15 is 0 Å². The van der Waals surface area contributed by atoms with Gasteiger partial charge >= 0.3 is 5.97 Å². The quantitative estimate of drug-likeness (QED) is 0.551. The van der Waals surface area contributed by atoms with Crippen LogP contribution in [0.5, 0.6) is 0 Å². The molecule has 1 atom stereocenters. The van der Waals surface area contributed by atoms with Crippen molar-refractivity contribution in [2.75, 3.05) is 7.11 Å². The lowest BCUT2D eigenvalue weighted by Crippen LogP contribution is -2.28. The Kier molecular flexibility index (Phi) is 4.51. The zero-order valence-corrected chi connectivity index (χ0v) is 14.5. The summed E-state index contributed by atoms with van der Waals surface area (Å²) < 4.78 is 48.0. The van der Waals surface area contributed by atoms with Crippen LogP contribution in [0, 0.1) is 17.5 Å². The number of methoxy groups -OCH3 is 1. The highest BCUT2D eigenvalue weighted by atomic mass is 79.9. The van der Waals surface area contributed by atoms with Gasteiger partial charge < -0.3 is 4.74 Å². The number of benzene rings is 2. The molecule has 0 spiro atoms. The topological polar surface area (TPSA) is 38.7 Å². The molecule has 7 heteroatoms. The van der Waals surface area contributed by atoms with Crippen molar-refractivity contribution in [3.63, 3.8) is 0 Å². The molecule has 1 unspecified atom stereocenters. The first-order valence-corrected chi connectivity index (χ1v) is 7.96. The molecular weight excluding hydrogens is 399 g/mol. The molecule has 0 bridgehead atoms. The normalized spacial score (nSPS) is 18.6. The fourth-order valence-corrected chi connectivity index (χ4v) is 3.24. The van der Waals surface area contributed by atoms with E-state index in [0.29, 0.717) is 0 Å². The third-order valence-corrected chi connectivity index (χ3v) is 4.51. The second-order valence-corrected chi connectivity index (χ2v) is 6.14. The van der Waals surface area contributed by atoms with E-state index in [9.17, 15) is 18.0 Å². The van der Waals surface area contributed by atoms with Gasteiger partial charge in [-0.2, -0.15) is 0 Å². The number of aliphatic imine (C=N–C) groups is 1. The molecule has 0 fully saturated rings. The Hall–Kier alpha value is -2.41. The fourth-order valence-electron chi connectivity index (χ4n) is 2.84. The van der Waals surface area contributed by atoms with E-state index in [0.717, 1.165) is 13.2 Å². The predicted molar refractivity (Wildman–Crippen MR) is 90.2 cm³/mol. The number of nitrogens with zero attached hydrogens (tertiary/aromatic N) is 1. The standard InChI is InChI=1S/C18H11BrF3NO2/c1-25-17(24)10-9-12(19)15(21)16(22)14(10)18(7-4-8-23-18)11-5-2-3-6-13(11)20/h2-9H,1H3. The van der Waals surface area contributed by atoms with Crippen LogP contribution < -0.4 is 0 Å². The molecule has 3 rings (SSSR count). The number of halogens is 4. The number of rotatable bonds is 3. The van der Waals surface area contributed by atoms with Crippen molar-refractivity contribution in [2.45, 2.75) is 5.54 Å². The van der Waals surface area contributed by atoms with Crippen LogP contribution in [0.25, 0.3) is 0 Å². The minimum atomic E-state index is -1.71. The van der Waals surface area contributed by atoms with Crippen molar-refractivity contribution in [1.29, 1.82) is 0 Å². The van der Waals surface area contributed by atoms with Gasteiger partial charge in [-0.15, -0.1) is 0 Å². The molecule has 0 N–H and O–H groups in total. The summed E-state index contributed by atoms with van der Waals surface area (Å²) in [5, 5.41) is 0. The first-order valence-electron chi connectivity index (χ1n) is 7.16. The molecule has 0 radical (unpaired) electrons. The summed E-state index contributed by atoms with van der Waals surface area (Å²) in [4.78, 5) is 16.3. The van der Waals surface area contributed by atoms with Gasteiger partial charge in [-0.1, -0.05) is 18.2 Å². The summed E-state index contributed by atoms with van der Waals surface area (Å²) in [5.74, 6) is -4.05. The molecular formula is C18H11BrF3NO2. The van der Waals surface area contributed by atoms with Gasteiger partial charge in [-0.3, -0.25) is 4.99 Å². The van der Waals surface area contributed by atoms with E-state index in [4.69, 9.17) is 0 Å². The lowest BCUT2D eigenvalue weighted by molar-refractivity contribution is 0.0597. The van der Waals surface area contributed by atoms with Crippen LogP contribution in [0.1, 0.15) is 21.5 Å². The zero-order valence-electron chi connectivity index (χ0n) is 12.9. The van der Waals surface area contributed by atoms with Crippen LogP contribution in [0.3, 0.4) is 0 Å². The van der Waals surface area contributed by atoms with Crippen molar-refractivity contribution in [3.05, 3.63) is 81.1 Å². The Morgan fingerprint density at radius 2 is 1.92 bits per heavy atom. The van der Waals surface area contributed by atoms with Crippen LogP contribution >= 0.6 is 15.9 Å². The van der Waals surface area contributed by atoms with Crippen LogP contribution in [-0.2, 0) is 10.3 Å². The van der Waals surface area contributed by atoms with Gasteiger partial charge in [0.15, 0.2) is 11.6 Å². The minimum Gasteiger partial charge on any atom is -0.465 e. The SMILES string of the molecule is COC(=O)c1cc(Br)c(F)c(F)c1C1(c2ccccc2F)C=CC=N1. The molecule has 0 aromatic heterocycles. The molecule has 0 saturated carbocycles. The monoisotopic (exact) mass is 409 g/mol. The molecule has 1 aliphatic rings. The van der Waals surface area contributed by atoms with Gasteiger partial charge in [0.05, 0.1) is 17.1 Å². The molecule has 1 aliphatic heterocycles. The molecule has 1 heterocycles. The van der Waals surface area contributed by atoms with Crippen molar-refractivity contribution in [1.82, 2.24) is 0 Å². The van der Waals surface area contributed by atoms with Crippen molar-refractivity contribution in [2.24, 2.45) is 4.99 Å². The Labute approximate surface area is 150 Å². The predicted octanol–water partition coefficient (Wildman–Crippen LogP) is 4.54. The van der Waals surface area contributed by atoms with E-state index in [1.165, 1.54) is 36.6 Å². The molecule has 0 amide bonds. The average molecular weight is 410 g/mol. The third-order valence-electron chi connectivity index (χ3n) is 3.93.